The van der Waals surface area contributed by atoms with Crippen LogP contribution in [-0.4, -0.2) is 81.1 Å². The first-order valence-corrected chi connectivity index (χ1v) is 16.3. The van der Waals surface area contributed by atoms with Gasteiger partial charge in [0.25, 0.3) is 0 Å². The number of esters is 1. The number of carbonyl (C=O) groups excluding carboxylic acids is 4. The Morgan fingerprint density at radius 3 is 1.64 bits per heavy atom. The Kier molecular flexibility index (Phi) is 17.8. The molecule has 1 N–H and O–H groups in total. The van der Waals surface area contributed by atoms with Crippen LogP contribution in [0.5, 0.6) is 0 Å². The van der Waals surface area contributed by atoms with E-state index in [4.69, 9.17) is 18.9 Å². The van der Waals surface area contributed by atoms with Crippen LogP contribution in [0.1, 0.15) is 70.4 Å². The first kappa shape index (κ1) is 38.9. The third-order valence-electron chi connectivity index (χ3n) is 7.09. The molecule has 0 aliphatic carbocycles. The summed E-state index contributed by atoms with van der Waals surface area (Å²) in [6.07, 6.45) is 1.95. The minimum atomic E-state index is -0.531. The Labute approximate surface area is 279 Å². The van der Waals surface area contributed by atoms with E-state index >= 15 is 0 Å². The van der Waals surface area contributed by atoms with Gasteiger partial charge in [0, 0.05) is 53.0 Å². The molecule has 0 saturated heterocycles. The Morgan fingerprint density at radius 2 is 1.15 bits per heavy atom. The van der Waals surface area contributed by atoms with E-state index in [1.165, 1.54) is 9.80 Å². The molecule has 0 fully saturated rings. The summed E-state index contributed by atoms with van der Waals surface area (Å²) in [5.41, 5.74) is 2.04. The Bertz CT molecular complexity index is 1200. The molecule has 2 rings (SSSR count). The summed E-state index contributed by atoms with van der Waals surface area (Å²) in [6, 6.07) is 19.3. The minimum Gasteiger partial charge on any atom is -0.466 e. The largest absolute Gasteiger partial charge is 0.466 e. The molecule has 0 radical (unpaired) electrons. The molecule has 260 valence electrons. The number of amides is 3. The van der Waals surface area contributed by atoms with Crippen LogP contribution >= 0.6 is 0 Å². The Hall–Kier alpha value is -4.28. The average molecular weight is 656 g/mol. The van der Waals surface area contributed by atoms with Crippen molar-refractivity contribution in [3.63, 3.8) is 0 Å². The van der Waals surface area contributed by atoms with Gasteiger partial charge in [0.05, 0.1) is 26.4 Å². The van der Waals surface area contributed by atoms with E-state index in [1.54, 1.807) is 14.1 Å². The number of rotatable bonds is 19. The van der Waals surface area contributed by atoms with Gasteiger partial charge in [-0.1, -0.05) is 81.4 Å². The molecule has 0 aliphatic heterocycles. The second-order valence-corrected chi connectivity index (χ2v) is 12.9. The van der Waals surface area contributed by atoms with Gasteiger partial charge in [-0.3, -0.25) is 4.79 Å². The first-order valence-electron chi connectivity index (χ1n) is 16.3. The second kappa shape index (κ2) is 21.5. The highest BCUT2D eigenvalue weighted by Gasteiger charge is 2.22. The third-order valence-corrected chi connectivity index (χ3v) is 7.09. The molecule has 0 bridgehead atoms. The van der Waals surface area contributed by atoms with Gasteiger partial charge in [-0.25, -0.2) is 14.4 Å². The molecule has 2 aromatic carbocycles. The van der Waals surface area contributed by atoms with Gasteiger partial charge >= 0.3 is 24.2 Å². The average Bonchev–Trinajstić information content (AvgIpc) is 3.02. The van der Waals surface area contributed by atoms with Crippen molar-refractivity contribution in [1.82, 2.24) is 15.1 Å². The smallest absolute Gasteiger partial charge is 0.409 e. The zero-order valence-corrected chi connectivity index (χ0v) is 28.7. The van der Waals surface area contributed by atoms with Crippen molar-refractivity contribution in [2.75, 3.05) is 47.1 Å². The molecule has 1 atom stereocenters. The van der Waals surface area contributed by atoms with Gasteiger partial charge in [-0.05, 0) is 41.7 Å². The highest BCUT2D eigenvalue weighted by atomic mass is 16.6. The number of nitrogens with zero attached hydrogens (tertiary/aromatic N) is 2. The van der Waals surface area contributed by atoms with Crippen molar-refractivity contribution in [3.05, 3.63) is 71.8 Å². The van der Waals surface area contributed by atoms with Crippen LogP contribution in [0.15, 0.2) is 60.7 Å². The molecule has 11 heteroatoms. The van der Waals surface area contributed by atoms with E-state index in [9.17, 15) is 19.2 Å². The molecule has 3 amide bonds. The van der Waals surface area contributed by atoms with Crippen LogP contribution < -0.4 is 5.32 Å². The summed E-state index contributed by atoms with van der Waals surface area (Å²) in [5, 5.41) is 2.74. The molecule has 0 aromatic heterocycles. The summed E-state index contributed by atoms with van der Waals surface area (Å²) in [6.45, 7) is 8.31. The molecular formula is C36H53N3O8. The number of nitrogens with one attached hydrogen (secondary N) is 1. The van der Waals surface area contributed by atoms with Crippen molar-refractivity contribution in [1.29, 1.82) is 0 Å². The fraction of sp³-hybridized carbons (Fsp3) is 0.556. The highest BCUT2D eigenvalue weighted by molar-refractivity contribution is 5.70. The van der Waals surface area contributed by atoms with E-state index in [-0.39, 0.29) is 50.2 Å². The quantitative estimate of drug-likeness (QED) is 0.0997. The van der Waals surface area contributed by atoms with Gasteiger partial charge in [0.15, 0.2) is 0 Å². The van der Waals surface area contributed by atoms with Gasteiger partial charge in [-0.15, -0.1) is 0 Å². The lowest BCUT2D eigenvalue weighted by Crippen LogP contribution is -2.28. The Morgan fingerprint density at radius 1 is 0.681 bits per heavy atom. The lowest BCUT2D eigenvalue weighted by atomic mass is 9.81. The van der Waals surface area contributed by atoms with Crippen LogP contribution in [0.4, 0.5) is 14.4 Å². The van der Waals surface area contributed by atoms with Crippen LogP contribution in [0, 0.1) is 11.3 Å². The predicted molar refractivity (Wildman–Crippen MR) is 179 cm³/mol. The SMILES string of the molecule is CN(Cc1ccccc1)C(=O)OCCCOC(=O)CC(CCCNC(=O)OCCCOC(=O)N(C)Cc1ccccc1)CC(C)(C)C. The fourth-order valence-electron chi connectivity index (χ4n) is 4.92. The fourth-order valence-corrected chi connectivity index (χ4v) is 4.92. The van der Waals surface area contributed by atoms with Gasteiger partial charge in [-0.2, -0.15) is 0 Å². The topological polar surface area (TPSA) is 124 Å². The molecule has 0 spiro atoms. The standard InChI is InChI=1S/C36H53N3O8/c1-36(2,3)26-31(25-32(40)44-21-13-23-46-34(42)38(4)27-29-15-8-6-9-16-29)19-12-20-37-33(41)45-22-14-24-47-35(43)39(5)28-30-17-10-7-11-18-30/h6-11,15-18,31H,12-14,19-28H2,1-5H3,(H,37,41). The van der Waals surface area contributed by atoms with E-state index < -0.39 is 18.3 Å². The monoisotopic (exact) mass is 655 g/mol. The van der Waals surface area contributed by atoms with Crippen molar-refractivity contribution >= 4 is 24.2 Å². The molecule has 0 heterocycles. The predicted octanol–water partition coefficient (Wildman–Crippen LogP) is 6.80. The van der Waals surface area contributed by atoms with Crippen molar-refractivity contribution in [3.8, 4) is 0 Å². The molecule has 0 saturated carbocycles. The third kappa shape index (κ3) is 18.5. The van der Waals surface area contributed by atoms with Gasteiger partial charge in [0.1, 0.15) is 0 Å². The van der Waals surface area contributed by atoms with Crippen molar-refractivity contribution in [2.24, 2.45) is 11.3 Å². The van der Waals surface area contributed by atoms with E-state index in [1.807, 2.05) is 60.7 Å². The van der Waals surface area contributed by atoms with Crippen LogP contribution in [-0.2, 0) is 36.8 Å². The van der Waals surface area contributed by atoms with Crippen LogP contribution in [0.2, 0.25) is 0 Å². The number of alkyl carbamates (subject to hydrolysis) is 1. The maximum Gasteiger partial charge on any atom is 0.409 e. The number of benzene rings is 2. The molecule has 1 unspecified atom stereocenters. The zero-order chi connectivity index (χ0) is 34.5. The number of hydrogen-bond acceptors (Lipinski definition) is 8. The minimum absolute atomic E-state index is 0.0249. The first-order chi connectivity index (χ1) is 22.4. The summed E-state index contributed by atoms with van der Waals surface area (Å²) in [7, 11) is 3.35. The van der Waals surface area contributed by atoms with E-state index in [0.29, 0.717) is 38.9 Å². The van der Waals surface area contributed by atoms with E-state index in [2.05, 4.69) is 26.1 Å². The van der Waals surface area contributed by atoms with Crippen molar-refractivity contribution in [2.45, 2.75) is 72.4 Å². The zero-order valence-electron chi connectivity index (χ0n) is 28.7. The normalized spacial score (nSPS) is 11.6. The highest BCUT2D eigenvalue weighted by Crippen LogP contribution is 2.29. The Balaban J connectivity index is 1.56. The summed E-state index contributed by atoms with van der Waals surface area (Å²) in [4.78, 5) is 52.0. The molecule has 0 aliphatic rings. The second-order valence-electron chi connectivity index (χ2n) is 12.9. The lowest BCUT2D eigenvalue weighted by molar-refractivity contribution is -0.145. The summed E-state index contributed by atoms with van der Waals surface area (Å²) < 4.78 is 21.1. The lowest BCUT2D eigenvalue weighted by Gasteiger charge is -2.25. The van der Waals surface area contributed by atoms with Crippen molar-refractivity contribution < 1.29 is 38.1 Å². The maximum atomic E-state index is 12.6. The molecule has 47 heavy (non-hydrogen) atoms. The molecule has 11 nitrogen and oxygen atoms in total. The van der Waals surface area contributed by atoms with E-state index in [0.717, 1.165) is 24.0 Å². The number of hydrogen-bond donors (Lipinski definition) is 1. The van der Waals surface area contributed by atoms with Gasteiger partial charge in [0.2, 0.25) is 0 Å². The van der Waals surface area contributed by atoms with Gasteiger partial charge < -0.3 is 34.1 Å². The van der Waals surface area contributed by atoms with Crippen LogP contribution in [0.3, 0.4) is 0 Å². The summed E-state index contributed by atoms with van der Waals surface area (Å²) >= 11 is 0. The molecular weight excluding hydrogens is 602 g/mol. The number of ether oxygens (including phenoxy) is 4. The number of carbonyl (C=O) groups is 4. The maximum absolute atomic E-state index is 12.6. The molecule has 2 aromatic rings. The van der Waals surface area contributed by atoms with Crippen LogP contribution in [0.25, 0.3) is 0 Å². The summed E-state index contributed by atoms with van der Waals surface area (Å²) in [5.74, 6) is -0.189.